The standard InChI is InChI=1S/C12H9Cl2NO2S/c13-8-2-1-3-9(11(8)12(16)17)15-6-7-4-5-10(14)18-7/h1-5,15H,6H2,(H,16,17). The molecular formula is C12H9Cl2NO2S. The fraction of sp³-hybridized carbons (Fsp3) is 0.0833. The third-order valence-corrected chi connectivity index (χ3v) is 3.86. The Morgan fingerprint density at radius 2 is 2.06 bits per heavy atom. The second-order valence-electron chi connectivity index (χ2n) is 3.53. The summed E-state index contributed by atoms with van der Waals surface area (Å²) in [4.78, 5) is 12.1. The van der Waals surface area contributed by atoms with Gasteiger partial charge < -0.3 is 10.4 Å². The molecule has 0 aliphatic heterocycles. The second-order valence-corrected chi connectivity index (χ2v) is 5.73. The lowest BCUT2D eigenvalue weighted by molar-refractivity contribution is 0.0698. The first kappa shape index (κ1) is 13.2. The first-order chi connectivity index (χ1) is 8.58. The van der Waals surface area contributed by atoms with Crippen molar-refractivity contribution in [3.05, 3.63) is 50.1 Å². The Hall–Kier alpha value is -1.23. The quantitative estimate of drug-likeness (QED) is 0.882. The van der Waals surface area contributed by atoms with Gasteiger partial charge in [-0.15, -0.1) is 11.3 Å². The maximum absolute atomic E-state index is 11.1. The molecule has 6 heteroatoms. The number of nitrogens with one attached hydrogen (secondary N) is 1. The number of carbonyl (C=O) groups is 1. The topological polar surface area (TPSA) is 49.3 Å². The van der Waals surface area contributed by atoms with Crippen LogP contribution in [0.1, 0.15) is 15.2 Å². The molecule has 0 saturated heterocycles. The van der Waals surface area contributed by atoms with E-state index in [1.165, 1.54) is 11.3 Å². The highest BCUT2D eigenvalue weighted by atomic mass is 35.5. The van der Waals surface area contributed by atoms with Gasteiger partial charge in [0.15, 0.2) is 0 Å². The largest absolute Gasteiger partial charge is 0.478 e. The molecule has 0 amide bonds. The molecule has 2 N–H and O–H groups in total. The molecule has 2 rings (SSSR count). The molecule has 18 heavy (non-hydrogen) atoms. The van der Waals surface area contributed by atoms with Crippen molar-refractivity contribution in [3.8, 4) is 0 Å². The van der Waals surface area contributed by atoms with Crippen molar-refractivity contribution in [1.82, 2.24) is 0 Å². The van der Waals surface area contributed by atoms with Crippen LogP contribution < -0.4 is 5.32 Å². The summed E-state index contributed by atoms with van der Waals surface area (Å²) in [5, 5.41) is 12.4. The minimum absolute atomic E-state index is 0.0850. The molecule has 94 valence electrons. The minimum Gasteiger partial charge on any atom is -0.478 e. The van der Waals surface area contributed by atoms with E-state index >= 15 is 0 Å². The van der Waals surface area contributed by atoms with Crippen LogP contribution in [0.2, 0.25) is 9.36 Å². The van der Waals surface area contributed by atoms with Crippen molar-refractivity contribution >= 4 is 46.2 Å². The monoisotopic (exact) mass is 301 g/mol. The number of hydrogen-bond acceptors (Lipinski definition) is 3. The van der Waals surface area contributed by atoms with Crippen LogP contribution in [0.4, 0.5) is 5.69 Å². The summed E-state index contributed by atoms with van der Waals surface area (Å²) in [6, 6.07) is 8.64. The molecule has 2 aromatic rings. The molecule has 0 fully saturated rings. The van der Waals surface area contributed by atoms with Gasteiger partial charge in [-0.2, -0.15) is 0 Å². The molecule has 1 aromatic carbocycles. The zero-order chi connectivity index (χ0) is 13.1. The maximum atomic E-state index is 11.1. The predicted molar refractivity (Wildman–Crippen MR) is 75.1 cm³/mol. The maximum Gasteiger partial charge on any atom is 0.339 e. The number of carboxylic acid groups (broad SMARTS) is 1. The SMILES string of the molecule is O=C(O)c1c(Cl)cccc1NCc1ccc(Cl)s1. The zero-order valence-electron chi connectivity index (χ0n) is 9.11. The highest BCUT2D eigenvalue weighted by Crippen LogP contribution is 2.26. The van der Waals surface area contributed by atoms with Gasteiger partial charge >= 0.3 is 5.97 Å². The Kier molecular flexibility index (Phi) is 4.11. The van der Waals surface area contributed by atoms with E-state index in [1.54, 1.807) is 24.3 Å². The highest BCUT2D eigenvalue weighted by molar-refractivity contribution is 7.16. The van der Waals surface area contributed by atoms with Gasteiger partial charge in [-0.25, -0.2) is 4.79 Å². The van der Waals surface area contributed by atoms with E-state index in [1.807, 2.05) is 6.07 Å². The molecule has 1 heterocycles. The molecule has 0 atom stereocenters. The number of rotatable bonds is 4. The van der Waals surface area contributed by atoms with Crippen LogP contribution in [-0.2, 0) is 6.54 Å². The van der Waals surface area contributed by atoms with Gasteiger partial charge in [0.25, 0.3) is 0 Å². The summed E-state index contributed by atoms with van der Waals surface area (Å²) in [7, 11) is 0. The fourth-order valence-electron chi connectivity index (χ4n) is 1.52. The average Bonchev–Trinajstić information content (AvgIpc) is 2.72. The molecule has 0 unspecified atom stereocenters. The number of aromatic carboxylic acids is 1. The third-order valence-electron chi connectivity index (χ3n) is 2.31. The average molecular weight is 302 g/mol. The lowest BCUT2D eigenvalue weighted by atomic mass is 10.2. The lowest BCUT2D eigenvalue weighted by Gasteiger charge is -2.09. The summed E-state index contributed by atoms with van der Waals surface area (Å²) in [5.74, 6) is -1.05. The summed E-state index contributed by atoms with van der Waals surface area (Å²) < 4.78 is 0.705. The number of anilines is 1. The zero-order valence-corrected chi connectivity index (χ0v) is 11.4. The van der Waals surface area contributed by atoms with Crippen LogP contribution in [0.5, 0.6) is 0 Å². The second kappa shape index (κ2) is 5.61. The van der Waals surface area contributed by atoms with E-state index < -0.39 is 5.97 Å². The third kappa shape index (κ3) is 2.96. The Morgan fingerprint density at radius 3 is 2.67 bits per heavy atom. The molecule has 0 radical (unpaired) electrons. The van der Waals surface area contributed by atoms with Gasteiger partial charge in [-0.3, -0.25) is 0 Å². The van der Waals surface area contributed by atoms with E-state index in [0.29, 0.717) is 16.6 Å². The normalized spacial score (nSPS) is 10.3. The van der Waals surface area contributed by atoms with Crippen LogP contribution >= 0.6 is 34.5 Å². The van der Waals surface area contributed by atoms with Crippen molar-refractivity contribution in [2.45, 2.75) is 6.54 Å². The van der Waals surface area contributed by atoms with Crippen molar-refractivity contribution < 1.29 is 9.90 Å². The van der Waals surface area contributed by atoms with E-state index in [0.717, 1.165) is 4.88 Å². The lowest BCUT2D eigenvalue weighted by Crippen LogP contribution is -2.06. The van der Waals surface area contributed by atoms with Crippen LogP contribution in [0.15, 0.2) is 30.3 Å². The molecule has 3 nitrogen and oxygen atoms in total. The first-order valence-electron chi connectivity index (χ1n) is 5.08. The number of hydrogen-bond donors (Lipinski definition) is 2. The van der Waals surface area contributed by atoms with Crippen LogP contribution in [-0.4, -0.2) is 11.1 Å². The van der Waals surface area contributed by atoms with Gasteiger partial charge in [-0.05, 0) is 24.3 Å². The van der Waals surface area contributed by atoms with Gasteiger partial charge in [0.2, 0.25) is 0 Å². The Bertz CT molecular complexity index is 583. The number of halogens is 2. The van der Waals surface area contributed by atoms with Crippen LogP contribution in [0.3, 0.4) is 0 Å². The van der Waals surface area contributed by atoms with Crippen LogP contribution in [0.25, 0.3) is 0 Å². The van der Waals surface area contributed by atoms with Gasteiger partial charge in [0.05, 0.1) is 15.0 Å². The van der Waals surface area contributed by atoms with E-state index in [2.05, 4.69) is 5.32 Å². The number of benzene rings is 1. The Balaban J connectivity index is 2.19. The molecule has 1 aromatic heterocycles. The van der Waals surface area contributed by atoms with Gasteiger partial charge in [-0.1, -0.05) is 29.3 Å². The summed E-state index contributed by atoms with van der Waals surface area (Å²) in [6.45, 7) is 0.512. The van der Waals surface area contributed by atoms with Gasteiger partial charge in [0.1, 0.15) is 5.56 Å². The Morgan fingerprint density at radius 1 is 1.28 bits per heavy atom. The number of thiophene rings is 1. The molecule has 0 bridgehead atoms. The smallest absolute Gasteiger partial charge is 0.339 e. The van der Waals surface area contributed by atoms with E-state index in [-0.39, 0.29) is 10.6 Å². The van der Waals surface area contributed by atoms with Crippen molar-refractivity contribution in [3.63, 3.8) is 0 Å². The highest BCUT2D eigenvalue weighted by Gasteiger charge is 2.14. The first-order valence-corrected chi connectivity index (χ1v) is 6.65. The van der Waals surface area contributed by atoms with Crippen molar-refractivity contribution in [2.75, 3.05) is 5.32 Å². The summed E-state index contributed by atoms with van der Waals surface area (Å²) in [6.07, 6.45) is 0. The molecular weight excluding hydrogens is 293 g/mol. The Labute approximate surface area is 118 Å². The molecule has 0 spiro atoms. The van der Waals surface area contributed by atoms with Gasteiger partial charge in [0, 0.05) is 11.4 Å². The summed E-state index contributed by atoms with van der Waals surface area (Å²) in [5.41, 5.74) is 0.585. The molecule has 0 saturated carbocycles. The fourth-order valence-corrected chi connectivity index (χ4v) is 2.80. The molecule has 0 aliphatic rings. The van der Waals surface area contributed by atoms with Crippen molar-refractivity contribution in [1.29, 1.82) is 0 Å². The predicted octanol–water partition coefficient (Wildman–Crippen LogP) is 4.37. The minimum atomic E-state index is -1.05. The summed E-state index contributed by atoms with van der Waals surface area (Å²) >= 11 is 13.1. The van der Waals surface area contributed by atoms with Crippen LogP contribution in [0, 0.1) is 0 Å². The number of carboxylic acids is 1. The van der Waals surface area contributed by atoms with E-state index in [4.69, 9.17) is 28.3 Å². The van der Waals surface area contributed by atoms with E-state index in [9.17, 15) is 4.79 Å². The molecule has 0 aliphatic carbocycles. The van der Waals surface area contributed by atoms with Crippen molar-refractivity contribution in [2.24, 2.45) is 0 Å².